The molecular formula is C27H31FN2O5S. The van der Waals surface area contributed by atoms with Gasteiger partial charge in [0, 0.05) is 19.9 Å². The second-order valence-electron chi connectivity index (χ2n) is 8.67. The number of carbonyl (C=O) groups excluding carboxylic acids is 3. The van der Waals surface area contributed by atoms with Crippen LogP contribution in [0.2, 0.25) is 0 Å². The monoisotopic (exact) mass is 514 g/mol. The molecule has 2 aromatic rings. The third kappa shape index (κ3) is 6.87. The molecule has 2 aromatic carbocycles. The van der Waals surface area contributed by atoms with Crippen LogP contribution in [0.4, 0.5) is 4.39 Å². The number of hydrogen-bond acceptors (Lipinski definition) is 5. The number of nitrogens with zero attached hydrogens (tertiary/aromatic N) is 2. The molecule has 7 nitrogen and oxygen atoms in total. The Morgan fingerprint density at radius 1 is 1.00 bits per heavy atom. The van der Waals surface area contributed by atoms with E-state index in [1.165, 1.54) is 29.1 Å². The Hall–Kier alpha value is -3.33. The molecule has 0 aliphatic carbocycles. The molecule has 1 unspecified atom stereocenters. The summed E-state index contributed by atoms with van der Waals surface area (Å²) in [6.07, 6.45) is 4.70. The van der Waals surface area contributed by atoms with Gasteiger partial charge in [0.05, 0.1) is 12.2 Å². The first-order valence-electron chi connectivity index (χ1n) is 12.1. The number of β-lactam (4-membered cyclic amide) rings is 1. The van der Waals surface area contributed by atoms with Crippen molar-refractivity contribution in [2.24, 2.45) is 0 Å². The highest BCUT2D eigenvalue weighted by atomic mass is 32.1. The van der Waals surface area contributed by atoms with Gasteiger partial charge < -0.3 is 4.74 Å². The SMILES string of the molecule is CCOC(=O)c1ccc(CC2C(=S=O)C(=O)N2N(CCCCCCc2ccc(F)cc2)C(C)=O)cc1. The molecule has 0 saturated carbocycles. The summed E-state index contributed by atoms with van der Waals surface area (Å²) in [5, 5.41) is 2.82. The standard InChI is InChI=1S/C27H31FN2O5S/c1-3-35-27(33)22-13-9-21(10-14-22)18-24-25(36-34)26(32)30(24)29(19(2)31)17-7-5-4-6-8-20-11-15-23(28)16-12-20/h9-16,24H,3-8,17-18H2,1-2H3. The minimum atomic E-state index is -0.518. The normalized spacial score (nSPS) is 14.9. The van der Waals surface area contributed by atoms with Gasteiger partial charge in [-0.1, -0.05) is 37.1 Å². The number of amides is 2. The molecule has 1 fully saturated rings. The Bertz CT molecular complexity index is 1130. The van der Waals surface area contributed by atoms with E-state index in [2.05, 4.69) is 0 Å². The van der Waals surface area contributed by atoms with Crippen molar-refractivity contribution in [2.75, 3.05) is 13.2 Å². The zero-order valence-corrected chi connectivity index (χ0v) is 21.4. The van der Waals surface area contributed by atoms with Crippen molar-refractivity contribution in [1.29, 1.82) is 0 Å². The molecule has 3 rings (SSSR count). The number of unbranched alkanes of at least 4 members (excludes halogenated alkanes) is 3. The molecule has 0 radical (unpaired) electrons. The van der Waals surface area contributed by atoms with E-state index >= 15 is 0 Å². The summed E-state index contributed by atoms with van der Waals surface area (Å²) in [6, 6.07) is 12.8. The maximum absolute atomic E-state index is 13.0. The summed E-state index contributed by atoms with van der Waals surface area (Å²) in [5.74, 6) is -1.35. The lowest BCUT2D eigenvalue weighted by molar-refractivity contribution is -0.166. The molecule has 0 N–H and O–H groups in total. The second-order valence-corrected chi connectivity index (χ2v) is 9.27. The predicted molar refractivity (Wildman–Crippen MR) is 136 cm³/mol. The second kappa shape index (κ2) is 13.1. The van der Waals surface area contributed by atoms with Crippen LogP contribution in [0.3, 0.4) is 0 Å². The summed E-state index contributed by atoms with van der Waals surface area (Å²) in [4.78, 5) is 37.1. The summed E-state index contributed by atoms with van der Waals surface area (Å²) < 4.78 is 29.6. The van der Waals surface area contributed by atoms with Crippen LogP contribution in [0.25, 0.3) is 0 Å². The smallest absolute Gasteiger partial charge is 0.338 e. The van der Waals surface area contributed by atoms with E-state index in [0.717, 1.165) is 36.8 Å². The number of halogens is 1. The van der Waals surface area contributed by atoms with Gasteiger partial charge in [-0.25, -0.2) is 18.4 Å². The van der Waals surface area contributed by atoms with Crippen molar-refractivity contribution in [3.63, 3.8) is 0 Å². The van der Waals surface area contributed by atoms with Gasteiger partial charge in [0.2, 0.25) is 5.91 Å². The van der Waals surface area contributed by atoms with Gasteiger partial charge in [0.1, 0.15) is 28.0 Å². The fourth-order valence-electron chi connectivity index (χ4n) is 4.22. The number of benzene rings is 2. The fourth-order valence-corrected chi connectivity index (χ4v) is 4.68. The first kappa shape index (κ1) is 27.3. The molecule has 0 spiro atoms. The highest BCUT2D eigenvalue weighted by molar-refractivity contribution is 7.69. The van der Waals surface area contributed by atoms with E-state index in [-0.39, 0.29) is 34.5 Å². The van der Waals surface area contributed by atoms with Gasteiger partial charge in [-0.15, -0.1) is 0 Å². The largest absolute Gasteiger partial charge is 0.462 e. The number of aryl methyl sites for hydroxylation is 1. The van der Waals surface area contributed by atoms with Gasteiger partial charge in [-0.05, 0) is 61.6 Å². The third-order valence-corrected chi connectivity index (χ3v) is 6.75. The van der Waals surface area contributed by atoms with E-state index in [1.807, 2.05) is 0 Å². The summed E-state index contributed by atoms with van der Waals surface area (Å²) >= 11 is 0.168. The average molecular weight is 515 g/mol. The number of hydrazine groups is 1. The van der Waals surface area contributed by atoms with E-state index in [1.54, 1.807) is 43.3 Å². The zero-order valence-electron chi connectivity index (χ0n) is 20.6. The summed E-state index contributed by atoms with van der Waals surface area (Å²) in [6.45, 7) is 3.82. The topological polar surface area (TPSA) is 84.0 Å². The van der Waals surface area contributed by atoms with Crippen LogP contribution in [0.5, 0.6) is 0 Å². The highest BCUT2D eigenvalue weighted by Crippen LogP contribution is 2.24. The predicted octanol–water partition coefficient (Wildman–Crippen LogP) is 3.71. The number of carbonyl (C=O) groups is 3. The van der Waals surface area contributed by atoms with E-state index < -0.39 is 17.9 Å². The number of rotatable bonds is 12. The molecule has 1 saturated heterocycles. The molecule has 0 aromatic heterocycles. The lowest BCUT2D eigenvalue weighted by atomic mass is 9.95. The van der Waals surface area contributed by atoms with Crippen molar-refractivity contribution in [3.05, 3.63) is 71.0 Å². The van der Waals surface area contributed by atoms with Crippen LogP contribution in [0.15, 0.2) is 48.5 Å². The van der Waals surface area contributed by atoms with Crippen molar-refractivity contribution in [2.45, 2.75) is 58.4 Å². The number of esters is 1. The molecule has 1 aliphatic rings. The first-order valence-corrected chi connectivity index (χ1v) is 12.9. The third-order valence-electron chi connectivity index (χ3n) is 6.12. The molecule has 9 heteroatoms. The van der Waals surface area contributed by atoms with Gasteiger partial charge in [-0.3, -0.25) is 14.6 Å². The lowest BCUT2D eigenvalue weighted by Gasteiger charge is -2.46. The Balaban J connectivity index is 1.55. The van der Waals surface area contributed by atoms with Gasteiger partial charge in [0.15, 0.2) is 0 Å². The lowest BCUT2D eigenvalue weighted by Crippen LogP contribution is -2.69. The van der Waals surface area contributed by atoms with Crippen molar-refractivity contribution in [1.82, 2.24) is 10.0 Å². The van der Waals surface area contributed by atoms with Crippen LogP contribution < -0.4 is 0 Å². The number of hydrogen-bond donors (Lipinski definition) is 0. The molecule has 1 heterocycles. The maximum Gasteiger partial charge on any atom is 0.338 e. The van der Waals surface area contributed by atoms with Gasteiger partial charge in [-0.2, -0.15) is 0 Å². The minimum absolute atomic E-state index is 0.168. The Morgan fingerprint density at radius 2 is 1.64 bits per heavy atom. The summed E-state index contributed by atoms with van der Waals surface area (Å²) in [7, 11) is 0. The molecule has 1 atom stereocenters. The van der Waals surface area contributed by atoms with Crippen LogP contribution >= 0.6 is 0 Å². The van der Waals surface area contributed by atoms with Crippen molar-refractivity contribution < 1.29 is 27.7 Å². The van der Waals surface area contributed by atoms with Crippen molar-refractivity contribution in [3.8, 4) is 0 Å². The van der Waals surface area contributed by atoms with Crippen LogP contribution in [0, 0.1) is 5.82 Å². The molecule has 0 bridgehead atoms. The molecule has 192 valence electrons. The number of ether oxygens (including phenoxy) is 1. The van der Waals surface area contributed by atoms with Gasteiger partial charge >= 0.3 is 5.97 Å². The van der Waals surface area contributed by atoms with Crippen LogP contribution in [-0.2, 0) is 38.4 Å². The van der Waals surface area contributed by atoms with Crippen molar-refractivity contribution >= 4 is 33.9 Å². The molecule has 36 heavy (non-hydrogen) atoms. The maximum atomic E-state index is 13.0. The minimum Gasteiger partial charge on any atom is -0.462 e. The highest BCUT2D eigenvalue weighted by Gasteiger charge is 2.47. The Labute approximate surface area is 214 Å². The van der Waals surface area contributed by atoms with Crippen LogP contribution in [-0.4, -0.2) is 56.1 Å². The molecule has 2 amide bonds. The van der Waals surface area contributed by atoms with Gasteiger partial charge in [0.25, 0.3) is 5.91 Å². The van der Waals surface area contributed by atoms with E-state index in [9.17, 15) is 23.0 Å². The summed E-state index contributed by atoms with van der Waals surface area (Å²) in [5.41, 5.74) is 2.35. The zero-order chi connectivity index (χ0) is 26.1. The first-order chi connectivity index (χ1) is 17.3. The van der Waals surface area contributed by atoms with Crippen LogP contribution in [0.1, 0.15) is 61.0 Å². The Morgan fingerprint density at radius 3 is 2.25 bits per heavy atom. The molecular weight excluding hydrogens is 483 g/mol. The van der Waals surface area contributed by atoms with E-state index in [4.69, 9.17) is 4.74 Å². The fraction of sp³-hybridized carbons (Fsp3) is 0.407. The van der Waals surface area contributed by atoms with E-state index in [0.29, 0.717) is 24.9 Å². The quantitative estimate of drug-likeness (QED) is 0.187. The Kier molecular flexibility index (Phi) is 9.93. The average Bonchev–Trinajstić information content (AvgIpc) is 2.86. The molecule has 1 aliphatic heterocycles.